The molecule has 2 aromatic heterocycles. The zero-order valence-corrected chi connectivity index (χ0v) is 11.1. The molecule has 0 fully saturated rings. The van der Waals surface area contributed by atoms with Gasteiger partial charge in [-0.15, -0.1) is 0 Å². The molecule has 2 rings (SSSR count). The number of aromatic nitrogens is 2. The zero-order valence-electron chi connectivity index (χ0n) is 11.1. The fraction of sp³-hybridized carbons (Fsp3) is 0.333. The second-order valence-corrected chi connectivity index (χ2v) is 4.23. The van der Waals surface area contributed by atoms with Crippen molar-refractivity contribution in [3.8, 4) is 5.75 Å². The number of methoxy groups -OCH3 is 1. The van der Waals surface area contributed by atoms with Crippen LogP contribution in [0.4, 0.5) is 18.9 Å². The van der Waals surface area contributed by atoms with E-state index >= 15 is 0 Å². The van der Waals surface area contributed by atoms with Crippen LogP contribution in [0.2, 0.25) is 0 Å². The number of halogens is 3. The molecule has 0 radical (unpaired) electrons. The van der Waals surface area contributed by atoms with E-state index in [1.165, 1.54) is 24.0 Å². The van der Waals surface area contributed by atoms with E-state index in [9.17, 15) is 18.0 Å². The molecule has 0 saturated heterocycles. The molecule has 0 aromatic carbocycles. The lowest BCUT2D eigenvalue weighted by molar-refractivity contribution is -0.223. The number of rotatable bonds is 3. The minimum absolute atomic E-state index is 0.143. The summed E-state index contributed by atoms with van der Waals surface area (Å²) in [5.74, 6) is -1.20. The molecule has 21 heavy (non-hydrogen) atoms. The number of anilines is 1. The number of nitrogens with zero attached hydrogens (tertiary/aromatic N) is 2. The lowest BCUT2D eigenvalue weighted by Gasteiger charge is -2.22. The number of alkyl halides is 3. The van der Waals surface area contributed by atoms with Crippen molar-refractivity contribution < 1.29 is 27.4 Å². The predicted molar refractivity (Wildman–Crippen MR) is 66.7 cm³/mol. The molecule has 0 unspecified atom stereocenters. The molecule has 0 bridgehead atoms. The smallest absolute Gasteiger partial charge is 0.429 e. The summed E-state index contributed by atoms with van der Waals surface area (Å²) in [6.07, 6.45) is -4.65. The average molecular weight is 303 g/mol. The van der Waals surface area contributed by atoms with Gasteiger partial charge < -0.3 is 15.2 Å². The van der Waals surface area contributed by atoms with Crippen molar-refractivity contribution in [3.63, 3.8) is 0 Å². The first-order valence-electron chi connectivity index (χ1n) is 5.79. The third-order valence-corrected chi connectivity index (χ3v) is 2.76. The first-order valence-corrected chi connectivity index (χ1v) is 5.79. The largest absolute Gasteiger partial charge is 0.494 e. The number of esters is 1. The number of fused-ring (bicyclic) bond motifs is 1. The molecule has 1 atom stereocenters. The topological polar surface area (TPSA) is 78.8 Å². The van der Waals surface area contributed by atoms with Gasteiger partial charge >= 0.3 is 12.1 Å². The van der Waals surface area contributed by atoms with E-state index in [0.717, 1.165) is 13.0 Å². The van der Waals surface area contributed by atoms with Crippen molar-refractivity contribution in [1.29, 1.82) is 0 Å². The Balaban J connectivity index is 2.67. The van der Waals surface area contributed by atoms with Crippen LogP contribution in [0.25, 0.3) is 5.52 Å². The highest BCUT2D eigenvalue weighted by Gasteiger charge is 2.45. The van der Waals surface area contributed by atoms with Crippen LogP contribution in [-0.4, -0.2) is 28.9 Å². The molecule has 114 valence electrons. The van der Waals surface area contributed by atoms with Crippen LogP contribution in [0.1, 0.15) is 18.6 Å². The summed E-state index contributed by atoms with van der Waals surface area (Å²) in [4.78, 5) is 10.9. The van der Waals surface area contributed by atoms with Gasteiger partial charge in [-0.3, -0.25) is 4.79 Å². The highest BCUT2D eigenvalue weighted by Crippen LogP contribution is 2.42. The van der Waals surface area contributed by atoms with Gasteiger partial charge in [0, 0.05) is 18.7 Å². The van der Waals surface area contributed by atoms with Gasteiger partial charge in [-0.2, -0.15) is 18.3 Å². The summed E-state index contributed by atoms with van der Waals surface area (Å²) in [6, 6.07) is 1.12. The molecule has 6 nitrogen and oxygen atoms in total. The minimum atomic E-state index is -4.79. The first kappa shape index (κ1) is 14.9. The molecule has 0 aliphatic heterocycles. The summed E-state index contributed by atoms with van der Waals surface area (Å²) in [6.45, 7) is 0.900. The van der Waals surface area contributed by atoms with Crippen LogP contribution in [-0.2, 0) is 9.53 Å². The summed E-state index contributed by atoms with van der Waals surface area (Å²) >= 11 is 0. The Bertz CT molecular complexity index is 681. The number of hydrogen-bond donors (Lipinski definition) is 1. The maximum atomic E-state index is 13.1. The summed E-state index contributed by atoms with van der Waals surface area (Å²) in [7, 11) is 1.20. The fourth-order valence-electron chi connectivity index (χ4n) is 1.98. The number of carbonyl (C=O) groups is 1. The van der Waals surface area contributed by atoms with Crippen molar-refractivity contribution in [2.45, 2.75) is 19.2 Å². The number of ether oxygens (including phenoxy) is 2. The number of nitrogen functional groups attached to an aromatic ring is 1. The second kappa shape index (κ2) is 5.15. The molecule has 0 aliphatic carbocycles. The van der Waals surface area contributed by atoms with Crippen LogP contribution in [0.5, 0.6) is 5.75 Å². The van der Waals surface area contributed by atoms with Crippen molar-refractivity contribution in [3.05, 3.63) is 24.0 Å². The average Bonchev–Trinajstić information content (AvgIpc) is 2.75. The van der Waals surface area contributed by atoms with Gasteiger partial charge in [0.15, 0.2) is 5.75 Å². The van der Waals surface area contributed by atoms with E-state index in [4.69, 9.17) is 10.5 Å². The van der Waals surface area contributed by atoms with Gasteiger partial charge in [0.1, 0.15) is 5.52 Å². The standard InChI is InChI=1S/C12H12F3N3O3/c1-6(19)21-11(12(13,14)15)7-3-4-18-9(10(7)20-2)8(16)5-17-18/h3-5,11H,16H2,1-2H3/t11-/m0/s1. The van der Waals surface area contributed by atoms with Gasteiger partial charge in [-0.05, 0) is 6.07 Å². The molecule has 0 saturated carbocycles. The highest BCUT2D eigenvalue weighted by atomic mass is 19.4. The lowest BCUT2D eigenvalue weighted by Crippen LogP contribution is -2.26. The zero-order chi connectivity index (χ0) is 15.8. The minimum Gasteiger partial charge on any atom is -0.494 e. The van der Waals surface area contributed by atoms with Gasteiger partial charge in [0.25, 0.3) is 0 Å². The molecule has 2 aromatic rings. The first-order chi connectivity index (χ1) is 9.75. The Hall–Kier alpha value is -2.45. The van der Waals surface area contributed by atoms with Crippen molar-refractivity contribution in [2.24, 2.45) is 0 Å². The second-order valence-electron chi connectivity index (χ2n) is 4.23. The van der Waals surface area contributed by atoms with Crippen LogP contribution in [0.3, 0.4) is 0 Å². The van der Waals surface area contributed by atoms with E-state index < -0.39 is 18.2 Å². The van der Waals surface area contributed by atoms with Gasteiger partial charge in [-0.25, -0.2) is 4.52 Å². The Labute approximate surface area is 117 Å². The number of hydrogen-bond acceptors (Lipinski definition) is 5. The fourth-order valence-corrected chi connectivity index (χ4v) is 1.98. The highest BCUT2D eigenvalue weighted by molar-refractivity contribution is 5.78. The van der Waals surface area contributed by atoms with Gasteiger partial charge in [0.2, 0.25) is 6.10 Å². The van der Waals surface area contributed by atoms with Crippen molar-refractivity contribution >= 4 is 17.2 Å². The molecule has 0 aliphatic rings. The van der Waals surface area contributed by atoms with Crippen LogP contribution < -0.4 is 10.5 Å². The molecule has 2 N–H and O–H groups in total. The van der Waals surface area contributed by atoms with Crippen molar-refractivity contribution in [1.82, 2.24) is 9.61 Å². The Morgan fingerprint density at radius 1 is 1.48 bits per heavy atom. The molecular weight excluding hydrogens is 291 g/mol. The number of pyridine rings is 1. The normalized spacial score (nSPS) is 13.2. The third kappa shape index (κ3) is 2.71. The van der Waals surface area contributed by atoms with E-state index in [-0.39, 0.29) is 22.5 Å². The third-order valence-electron chi connectivity index (χ3n) is 2.76. The summed E-state index contributed by atoms with van der Waals surface area (Å²) < 4.78 is 50.1. The number of carbonyl (C=O) groups excluding carboxylic acids is 1. The van der Waals surface area contributed by atoms with E-state index in [1.54, 1.807) is 0 Å². The lowest BCUT2D eigenvalue weighted by atomic mass is 10.1. The predicted octanol–water partition coefficient (Wildman–Crippen LogP) is 2.09. The van der Waals surface area contributed by atoms with E-state index in [1.807, 2.05) is 0 Å². The molecule has 0 amide bonds. The maximum Gasteiger partial charge on any atom is 0.429 e. The molecule has 2 heterocycles. The Morgan fingerprint density at radius 3 is 2.67 bits per heavy atom. The molecule has 0 spiro atoms. The van der Waals surface area contributed by atoms with Gasteiger partial charge in [0.05, 0.1) is 19.0 Å². The van der Waals surface area contributed by atoms with E-state index in [0.29, 0.717) is 0 Å². The molecular formula is C12H12F3N3O3. The van der Waals surface area contributed by atoms with Gasteiger partial charge in [-0.1, -0.05) is 0 Å². The Kier molecular flexibility index (Phi) is 3.67. The summed E-state index contributed by atoms with van der Waals surface area (Å²) in [5, 5.41) is 3.87. The summed E-state index contributed by atoms with van der Waals surface area (Å²) in [5.41, 5.74) is 5.66. The quantitative estimate of drug-likeness (QED) is 0.878. The van der Waals surface area contributed by atoms with Crippen LogP contribution in [0.15, 0.2) is 18.5 Å². The van der Waals surface area contributed by atoms with Crippen molar-refractivity contribution in [2.75, 3.05) is 12.8 Å². The molecule has 9 heteroatoms. The maximum absolute atomic E-state index is 13.1. The number of nitrogens with two attached hydrogens (primary N) is 1. The monoisotopic (exact) mass is 303 g/mol. The Morgan fingerprint density at radius 2 is 2.14 bits per heavy atom. The van der Waals surface area contributed by atoms with Crippen LogP contribution >= 0.6 is 0 Å². The van der Waals surface area contributed by atoms with Crippen LogP contribution in [0, 0.1) is 0 Å². The SMILES string of the molecule is COc1c([C@H](OC(C)=O)C(F)(F)F)ccn2ncc(N)c12. The van der Waals surface area contributed by atoms with E-state index in [2.05, 4.69) is 9.84 Å².